The molecule has 1 aromatic rings. The number of amides is 1. The number of fused-ring (bicyclic) bond motifs is 1. The van der Waals surface area contributed by atoms with Gasteiger partial charge in [-0.3, -0.25) is 4.79 Å². The fraction of sp³-hybridized carbons (Fsp3) is 0.529. The van der Waals surface area contributed by atoms with Gasteiger partial charge in [-0.2, -0.15) is 0 Å². The third kappa shape index (κ3) is 3.26. The third-order valence-corrected chi connectivity index (χ3v) is 4.78. The van der Waals surface area contributed by atoms with Crippen molar-refractivity contribution in [2.24, 2.45) is 0 Å². The Bertz CT molecular complexity index is 537. The zero-order valence-electron chi connectivity index (χ0n) is 12.3. The van der Waals surface area contributed by atoms with E-state index in [1.165, 1.54) is 24.8 Å². The zero-order chi connectivity index (χ0) is 14.7. The van der Waals surface area contributed by atoms with Gasteiger partial charge >= 0.3 is 0 Å². The van der Waals surface area contributed by atoms with E-state index in [0.717, 1.165) is 37.9 Å². The Kier molecular flexibility index (Phi) is 4.54. The second kappa shape index (κ2) is 6.56. The lowest BCUT2D eigenvalue weighted by molar-refractivity contribution is -0.112. The van der Waals surface area contributed by atoms with Gasteiger partial charge in [0.2, 0.25) is 0 Å². The van der Waals surface area contributed by atoms with Crippen LogP contribution in [0, 0.1) is 0 Å². The van der Waals surface area contributed by atoms with Gasteiger partial charge in [0.15, 0.2) is 4.99 Å². The lowest BCUT2D eigenvalue weighted by Crippen LogP contribution is -2.47. The molecule has 0 unspecified atom stereocenters. The number of carbonyl (C=O) groups is 1. The molecule has 1 heterocycles. The van der Waals surface area contributed by atoms with Crippen molar-refractivity contribution in [1.82, 2.24) is 5.32 Å². The Morgan fingerprint density at radius 2 is 1.90 bits per heavy atom. The molecule has 1 aromatic carbocycles. The number of rotatable bonds is 1. The first-order chi connectivity index (χ1) is 10.3. The van der Waals surface area contributed by atoms with E-state index in [1.54, 1.807) is 0 Å². The monoisotopic (exact) mass is 302 g/mol. The minimum atomic E-state index is -0.0391. The van der Waals surface area contributed by atoms with Crippen LogP contribution in [0.2, 0.25) is 0 Å². The topological polar surface area (TPSA) is 32.3 Å². The summed E-state index contributed by atoms with van der Waals surface area (Å²) in [5, 5.41) is 3.29. The van der Waals surface area contributed by atoms with E-state index < -0.39 is 0 Å². The Labute approximate surface area is 131 Å². The molecule has 1 saturated carbocycles. The van der Waals surface area contributed by atoms with Crippen molar-refractivity contribution in [2.45, 2.75) is 51.0 Å². The van der Waals surface area contributed by atoms with Crippen molar-refractivity contribution in [1.29, 1.82) is 0 Å². The predicted octanol–water partition coefficient (Wildman–Crippen LogP) is 3.22. The quantitative estimate of drug-likeness (QED) is 0.809. The maximum atomic E-state index is 12.7. The Hall–Kier alpha value is -1.42. The van der Waals surface area contributed by atoms with E-state index in [1.807, 2.05) is 23.1 Å². The molecule has 0 aromatic heterocycles. The van der Waals surface area contributed by atoms with E-state index in [4.69, 9.17) is 12.2 Å². The van der Waals surface area contributed by atoms with Crippen LogP contribution in [0.1, 0.15) is 44.1 Å². The molecule has 21 heavy (non-hydrogen) atoms. The van der Waals surface area contributed by atoms with Crippen LogP contribution in [0.5, 0.6) is 0 Å². The van der Waals surface area contributed by atoms with E-state index >= 15 is 0 Å². The average molecular weight is 302 g/mol. The molecule has 1 N–H and O–H groups in total. The fourth-order valence-corrected chi connectivity index (χ4v) is 3.64. The summed E-state index contributed by atoms with van der Waals surface area (Å²) in [6.45, 7) is 0.766. The second-order valence-corrected chi connectivity index (χ2v) is 6.41. The van der Waals surface area contributed by atoms with E-state index in [0.29, 0.717) is 11.0 Å². The largest absolute Gasteiger partial charge is 0.369 e. The van der Waals surface area contributed by atoms with Crippen LogP contribution in [-0.4, -0.2) is 23.5 Å². The minimum Gasteiger partial charge on any atom is -0.369 e. The van der Waals surface area contributed by atoms with Crippen molar-refractivity contribution in [3.8, 4) is 0 Å². The van der Waals surface area contributed by atoms with Crippen LogP contribution >= 0.6 is 12.2 Å². The molecule has 0 saturated heterocycles. The van der Waals surface area contributed by atoms with Gasteiger partial charge < -0.3 is 10.2 Å². The van der Waals surface area contributed by atoms with Gasteiger partial charge in [0.25, 0.3) is 5.91 Å². The van der Waals surface area contributed by atoms with Crippen LogP contribution in [0.3, 0.4) is 0 Å². The summed E-state index contributed by atoms with van der Waals surface area (Å²) in [6.07, 6.45) is 8.09. The predicted molar refractivity (Wildman–Crippen MR) is 89.7 cm³/mol. The van der Waals surface area contributed by atoms with Crippen molar-refractivity contribution < 1.29 is 4.79 Å². The molecule has 3 nitrogen and oxygen atoms in total. The molecule has 4 heteroatoms. The number of carbonyl (C=O) groups excluding carboxylic acids is 1. The average Bonchev–Trinajstić information content (AvgIpc) is 2.54. The number of nitrogens with zero attached hydrogens (tertiary/aromatic N) is 1. The van der Waals surface area contributed by atoms with Gasteiger partial charge in [0.05, 0.1) is 0 Å². The molecule has 2 aliphatic rings. The van der Waals surface area contributed by atoms with E-state index in [2.05, 4.69) is 11.4 Å². The van der Waals surface area contributed by atoms with Gasteiger partial charge in [-0.05, 0) is 37.3 Å². The first kappa shape index (κ1) is 14.5. The van der Waals surface area contributed by atoms with E-state index in [-0.39, 0.29) is 5.91 Å². The molecular formula is C17H22N2OS. The highest BCUT2D eigenvalue weighted by Gasteiger charge is 2.26. The van der Waals surface area contributed by atoms with Crippen LogP contribution < -0.4 is 10.2 Å². The smallest absolute Gasteiger partial charge is 0.285 e. The first-order valence-corrected chi connectivity index (χ1v) is 8.37. The number of para-hydroxylation sites is 1. The summed E-state index contributed by atoms with van der Waals surface area (Å²) in [5.74, 6) is -0.0391. The number of thiocarbonyl (C=S) groups is 1. The standard InChI is InChI=1S/C17H22N2OS/c20-17(16(21)18-14-9-2-1-3-10-14)19-12-6-8-13-7-4-5-11-15(13)19/h4-5,7,11,14H,1-3,6,8-10,12H2,(H,18,21). The first-order valence-electron chi connectivity index (χ1n) is 7.96. The molecule has 1 aliphatic carbocycles. The minimum absolute atomic E-state index is 0.0391. The summed E-state index contributed by atoms with van der Waals surface area (Å²) < 4.78 is 0. The fourth-order valence-electron chi connectivity index (χ4n) is 3.36. The van der Waals surface area contributed by atoms with Crippen molar-refractivity contribution in [3.05, 3.63) is 29.8 Å². The van der Waals surface area contributed by atoms with Crippen molar-refractivity contribution in [3.63, 3.8) is 0 Å². The number of nitrogens with one attached hydrogen (secondary N) is 1. The molecule has 3 rings (SSSR count). The SMILES string of the molecule is O=C(C(=S)NC1CCCCC1)N1CCCc2ccccc21. The van der Waals surface area contributed by atoms with Crippen molar-refractivity contribution in [2.75, 3.05) is 11.4 Å². The summed E-state index contributed by atoms with van der Waals surface area (Å²) in [4.78, 5) is 14.9. The molecule has 0 radical (unpaired) electrons. The number of hydrogen-bond donors (Lipinski definition) is 1. The maximum absolute atomic E-state index is 12.7. The Balaban J connectivity index is 1.69. The molecule has 1 amide bonds. The van der Waals surface area contributed by atoms with Gasteiger partial charge in [-0.25, -0.2) is 0 Å². The summed E-state index contributed by atoms with van der Waals surface area (Å²) in [5.41, 5.74) is 2.28. The molecule has 0 spiro atoms. The molecule has 0 bridgehead atoms. The number of hydrogen-bond acceptors (Lipinski definition) is 2. The van der Waals surface area contributed by atoms with Gasteiger partial charge in [0, 0.05) is 18.3 Å². The Morgan fingerprint density at radius 1 is 1.14 bits per heavy atom. The molecule has 0 atom stereocenters. The highest BCUT2D eigenvalue weighted by atomic mass is 32.1. The Morgan fingerprint density at radius 3 is 2.71 bits per heavy atom. The summed E-state index contributed by atoms with van der Waals surface area (Å²) in [7, 11) is 0. The van der Waals surface area contributed by atoms with Gasteiger partial charge in [-0.15, -0.1) is 0 Å². The summed E-state index contributed by atoms with van der Waals surface area (Å²) in [6, 6.07) is 8.53. The number of anilines is 1. The lowest BCUT2D eigenvalue weighted by atomic mass is 9.95. The normalized spacial score (nSPS) is 19.0. The zero-order valence-corrected chi connectivity index (χ0v) is 13.1. The van der Waals surface area contributed by atoms with Crippen LogP contribution in [-0.2, 0) is 11.2 Å². The highest BCUT2D eigenvalue weighted by molar-refractivity contribution is 7.82. The number of benzene rings is 1. The molecular weight excluding hydrogens is 280 g/mol. The van der Waals surface area contributed by atoms with Gasteiger partial charge in [-0.1, -0.05) is 49.7 Å². The van der Waals surface area contributed by atoms with Crippen LogP contribution in [0.15, 0.2) is 24.3 Å². The maximum Gasteiger partial charge on any atom is 0.285 e. The highest BCUT2D eigenvalue weighted by Crippen LogP contribution is 2.27. The molecule has 1 fully saturated rings. The van der Waals surface area contributed by atoms with Gasteiger partial charge in [0.1, 0.15) is 0 Å². The molecule has 112 valence electrons. The number of aryl methyl sites for hydroxylation is 1. The van der Waals surface area contributed by atoms with Crippen LogP contribution in [0.25, 0.3) is 0 Å². The second-order valence-electron chi connectivity index (χ2n) is 6.00. The third-order valence-electron chi connectivity index (χ3n) is 4.49. The van der Waals surface area contributed by atoms with Crippen molar-refractivity contribution >= 4 is 28.8 Å². The summed E-state index contributed by atoms with van der Waals surface area (Å²) >= 11 is 5.37. The lowest BCUT2D eigenvalue weighted by Gasteiger charge is -2.31. The van der Waals surface area contributed by atoms with E-state index in [9.17, 15) is 4.79 Å². The van der Waals surface area contributed by atoms with Crippen LogP contribution in [0.4, 0.5) is 5.69 Å². The molecule has 1 aliphatic heterocycles.